The van der Waals surface area contributed by atoms with Gasteiger partial charge in [0.15, 0.2) is 0 Å². The molecular weight excluding hydrogens is 491 g/mol. The number of benzene rings is 2. The van der Waals surface area contributed by atoms with Crippen molar-refractivity contribution in [2.75, 3.05) is 46.4 Å². The van der Waals surface area contributed by atoms with Gasteiger partial charge in [0.05, 0.1) is 29.5 Å². The lowest BCUT2D eigenvalue weighted by molar-refractivity contribution is -0.136. The van der Waals surface area contributed by atoms with E-state index in [1.807, 2.05) is 18.2 Å². The first-order chi connectivity index (χ1) is 16.9. The zero-order chi connectivity index (χ0) is 24.9. The molecule has 0 bridgehead atoms. The van der Waals surface area contributed by atoms with Crippen LogP contribution in [0.15, 0.2) is 54.4 Å². The molecule has 0 saturated carbocycles. The number of piperazine rings is 1. The number of nitrogens with zero attached hydrogens (tertiary/aromatic N) is 3. The quantitative estimate of drug-likeness (QED) is 0.548. The van der Waals surface area contributed by atoms with Crippen molar-refractivity contribution in [2.45, 2.75) is 12.5 Å². The van der Waals surface area contributed by atoms with Crippen LogP contribution in [0.5, 0.6) is 0 Å². The third kappa shape index (κ3) is 5.79. The maximum Gasteiger partial charge on any atom is 0.258 e. The van der Waals surface area contributed by atoms with Crippen LogP contribution in [-0.2, 0) is 9.63 Å². The van der Waals surface area contributed by atoms with Crippen LogP contribution in [0.3, 0.4) is 0 Å². The van der Waals surface area contributed by atoms with Crippen molar-refractivity contribution in [1.82, 2.24) is 20.2 Å². The minimum absolute atomic E-state index is 0.0959. The molecule has 2 aromatic rings. The Hall–Kier alpha value is -2.62. The molecule has 0 radical (unpaired) electrons. The Labute approximate surface area is 214 Å². The van der Waals surface area contributed by atoms with Crippen LogP contribution in [-0.4, -0.2) is 84.1 Å². The second-order valence-electron chi connectivity index (χ2n) is 8.49. The SMILES string of the molecule is CONC1=CN(C(=O)c2ccc(-c3ccc(Cl)c(Cl)c3)cc2)C(C(=O)N2CCN(CCO)CC2)C1. The molecule has 2 aromatic carbocycles. The fourth-order valence-corrected chi connectivity index (χ4v) is 4.69. The topological polar surface area (TPSA) is 85.4 Å². The number of hydrogen-bond acceptors (Lipinski definition) is 6. The van der Waals surface area contributed by atoms with Crippen LogP contribution in [0, 0.1) is 0 Å². The number of halogens is 2. The lowest BCUT2D eigenvalue weighted by Gasteiger charge is -2.37. The molecule has 10 heteroatoms. The van der Waals surface area contributed by atoms with Gasteiger partial charge in [-0.05, 0) is 35.4 Å². The van der Waals surface area contributed by atoms with E-state index in [1.165, 1.54) is 12.0 Å². The summed E-state index contributed by atoms with van der Waals surface area (Å²) in [4.78, 5) is 37.3. The van der Waals surface area contributed by atoms with Gasteiger partial charge in [-0.25, -0.2) is 0 Å². The first-order valence-corrected chi connectivity index (χ1v) is 12.2. The van der Waals surface area contributed by atoms with Gasteiger partial charge in [0.1, 0.15) is 6.04 Å². The van der Waals surface area contributed by atoms with E-state index >= 15 is 0 Å². The van der Waals surface area contributed by atoms with Gasteiger partial charge >= 0.3 is 0 Å². The molecule has 0 aromatic heterocycles. The minimum atomic E-state index is -0.653. The van der Waals surface area contributed by atoms with Gasteiger partial charge in [-0.2, -0.15) is 0 Å². The van der Waals surface area contributed by atoms with Crippen LogP contribution in [0.4, 0.5) is 0 Å². The highest BCUT2D eigenvalue weighted by Crippen LogP contribution is 2.30. The van der Waals surface area contributed by atoms with E-state index in [4.69, 9.17) is 33.1 Å². The molecule has 1 fully saturated rings. The Kier molecular flexibility index (Phi) is 8.30. The standard InChI is InChI=1S/C25H28Cl2N4O4/c1-35-28-20-15-23(25(34)30-10-8-29(9-11-30)12-13-32)31(16-20)24(33)18-4-2-17(3-5-18)19-6-7-21(26)22(27)14-19/h2-7,14,16,23,28,32H,8-13,15H2,1H3. The Morgan fingerprint density at radius 3 is 2.34 bits per heavy atom. The van der Waals surface area contributed by atoms with Crippen molar-refractivity contribution in [3.8, 4) is 11.1 Å². The van der Waals surface area contributed by atoms with Gasteiger partial charge in [-0.3, -0.25) is 24.8 Å². The summed E-state index contributed by atoms with van der Waals surface area (Å²) in [6.45, 7) is 3.20. The zero-order valence-electron chi connectivity index (χ0n) is 19.4. The van der Waals surface area contributed by atoms with E-state index < -0.39 is 6.04 Å². The maximum atomic E-state index is 13.4. The molecule has 35 heavy (non-hydrogen) atoms. The first kappa shape index (κ1) is 25.5. The van der Waals surface area contributed by atoms with E-state index in [2.05, 4.69) is 10.4 Å². The molecule has 1 saturated heterocycles. The molecular formula is C25H28Cl2N4O4. The number of aliphatic hydroxyl groups is 1. The van der Waals surface area contributed by atoms with Crippen LogP contribution in [0.1, 0.15) is 16.8 Å². The summed E-state index contributed by atoms with van der Waals surface area (Å²) in [5.41, 5.74) is 5.68. The Balaban J connectivity index is 1.50. The number of rotatable bonds is 7. The third-order valence-corrected chi connectivity index (χ3v) is 7.02. The number of carbonyl (C=O) groups is 2. The largest absolute Gasteiger partial charge is 0.395 e. The molecule has 0 aliphatic carbocycles. The van der Waals surface area contributed by atoms with Crippen molar-refractivity contribution in [3.63, 3.8) is 0 Å². The van der Waals surface area contributed by atoms with Crippen LogP contribution in [0.2, 0.25) is 10.0 Å². The average Bonchev–Trinajstić information content (AvgIpc) is 3.30. The van der Waals surface area contributed by atoms with Crippen LogP contribution in [0.25, 0.3) is 11.1 Å². The van der Waals surface area contributed by atoms with E-state index in [1.54, 1.807) is 35.4 Å². The van der Waals surface area contributed by atoms with Crippen molar-refractivity contribution in [3.05, 3.63) is 70.0 Å². The summed E-state index contributed by atoms with van der Waals surface area (Å²) < 4.78 is 0. The molecule has 4 rings (SSSR count). The molecule has 2 amide bonds. The third-order valence-electron chi connectivity index (χ3n) is 6.28. The first-order valence-electron chi connectivity index (χ1n) is 11.4. The van der Waals surface area contributed by atoms with Crippen LogP contribution >= 0.6 is 23.2 Å². The molecule has 1 atom stereocenters. The Bertz CT molecular complexity index is 1100. The second kappa shape index (κ2) is 11.4. The van der Waals surface area contributed by atoms with E-state index in [0.29, 0.717) is 60.5 Å². The number of amides is 2. The van der Waals surface area contributed by atoms with Crippen molar-refractivity contribution < 1.29 is 19.5 Å². The number of hydrogen-bond donors (Lipinski definition) is 2. The molecule has 8 nitrogen and oxygen atoms in total. The second-order valence-corrected chi connectivity index (χ2v) is 9.30. The van der Waals surface area contributed by atoms with Gasteiger partial charge < -0.3 is 14.9 Å². The summed E-state index contributed by atoms with van der Waals surface area (Å²) in [5, 5.41) is 10.1. The predicted octanol–water partition coefficient (Wildman–Crippen LogP) is 3.00. The predicted molar refractivity (Wildman–Crippen MR) is 135 cm³/mol. The molecule has 2 heterocycles. The number of hydroxylamine groups is 1. The van der Waals surface area contributed by atoms with Gasteiger partial charge in [-0.15, -0.1) is 0 Å². The summed E-state index contributed by atoms with van der Waals surface area (Å²) in [6, 6.07) is 11.9. The maximum absolute atomic E-state index is 13.4. The summed E-state index contributed by atoms with van der Waals surface area (Å²) in [5.74, 6) is -0.366. The lowest BCUT2D eigenvalue weighted by Crippen LogP contribution is -2.54. The van der Waals surface area contributed by atoms with E-state index in [9.17, 15) is 9.59 Å². The van der Waals surface area contributed by atoms with Crippen molar-refractivity contribution >= 4 is 35.0 Å². The molecule has 2 aliphatic heterocycles. The fourth-order valence-electron chi connectivity index (χ4n) is 4.40. The number of β-amino-alcohol motifs (C(OH)–C–C–N with tert-alkyl or cyclic N) is 1. The highest BCUT2D eigenvalue weighted by atomic mass is 35.5. The summed E-state index contributed by atoms with van der Waals surface area (Å²) >= 11 is 12.2. The van der Waals surface area contributed by atoms with Crippen molar-refractivity contribution in [1.29, 1.82) is 0 Å². The highest BCUT2D eigenvalue weighted by molar-refractivity contribution is 6.42. The lowest BCUT2D eigenvalue weighted by atomic mass is 10.0. The molecule has 186 valence electrons. The van der Waals surface area contributed by atoms with Gasteiger partial charge in [0.2, 0.25) is 5.91 Å². The Morgan fingerprint density at radius 2 is 1.71 bits per heavy atom. The van der Waals surface area contributed by atoms with Crippen LogP contribution < -0.4 is 5.48 Å². The number of carbonyl (C=O) groups excluding carboxylic acids is 2. The summed E-state index contributed by atoms with van der Waals surface area (Å²) in [7, 11) is 1.49. The monoisotopic (exact) mass is 518 g/mol. The Morgan fingerprint density at radius 1 is 1.03 bits per heavy atom. The van der Waals surface area contributed by atoms with E-state index in [-0.39, 0.29) is 18.4 Å². The van der Waals surface area contributed by atoms with Gasteiger partial charge in [-0.1, -0.05) is 41.4 Å². The van der Waals surface area contributed by atoms with Gasteiger partial charge in [0, 0.05) is 50.9 Å². The highest BCUT2D eigenvalue weighted by Gasteiger charge is 2.38. The number of nitrogens with one attached hydrogen (secondary N) is 1. The molecule has 1 unspecified atom stereocenters. The normalized spacial score (nSPS) is 18.5. The fraction of sp³-hybridized carbons (Fsp3) is 0.360. The smallest absolute Gasteiger partial charge is 0.258 e. The molecule has 0 spiro atoms. The zero-order valence-corrected chi connectivity index (χ0v) is 20.9. The number of aliphatic hydroxyl groups excluding tert-OH is 1. The average molecular weight is 519 g/mol. The molecule has 2 aliphatic rings. The van der Waals surface area contributed by atoms with Gasteiger partial charge in [0.25, 0.3) is 5.91 Å². The minimum Gasteiger partial charge on any atom is -0.395 e. The van der Waals surface area contributed by atoms with E-state index in [0.717, 1.165) is 11.1 Å². The summed E-state index contributed by atoms with van der Waals surface area (Å²) in [6.07, 6.45) is 1.99. The van der Waals surface area contributed by atoms with Crippen molar-refractivity contribution in [2.24, 2.45) is 0 Å². The molecule has 2 N–H and O–H groups in total.